The molecule has 3 atom stereocenters. The van der Waals surface area contributed by atoms with Crippen molar-refractivity contribution in [2.75, 3.05) is 29.9 Å². The summed E-state index contributed by atoms with van der Waals surface area (Å²) in [5.74, 6) is 2.06. The Morgan fingerprint density at radius 3 is 2.62 bits per heavy atom. The molecule has 50 heavy (non-hydrogen) atoms. The molecule has 1 saturated heterocycles. The predicted octanol–water partition coefficient (Wildman–Crippen LogP) is 4.99. The van der Waals surface area contributed by atoms with Crippen LogP contribution in [0.15, 0.2) is 61.1 Å². The molecule has 1 unspecified atom stereocenters. The third-order valence-corrected chi connectivity index (χ3v) is 9.46. The summed E-state index contributed by atoms with van der Waals surface area (Å²) in [4.78, 5) is 15.9. The summed E-state index contributed by atoms with van der Waals surface area (Å²) in [5.41, 5.74) is 3.92. The number of ether oxygens (including phenoxy) is 1. The molecule has 4 aromatic heterocycles. The average molecular weight is 702 g/mol. The topological polar surface area (TPSA) is 169 Å². The van der Waals surface area contributed by atoms with Gasteiger partial charge in [0.25, 0.3) is 0 Å². The van der Waals surface area contributed by atoms with E-state index in [4.69, 9.17) is 9.84 Å². The van der Waals surface area contributed by atoms with Gasteiger partial charge in [0.1, 0.15) is 23.4 Å². The minimum absolute atomic E-state index is 0.0527. The second-order valence-electron chi connectivity index (χ2n) is 13.7. The molecule has 0 saturated carbocycles. The summed E-state index contributed by atoms with van der Waals surface area (Å²) in [6.45, 7) is 8.25. The first kappa shape index (κ1) is 33.7. The molecular weight excluding hydrogens is 661 g/mol. The van der Waals surface area contributed by atoms with Gasteiger partial charge in [-0.3, -0.25) is 18.6 Å². The van der Waals surface area contributed by atoms with E-state index in [1.54, 1.807) is 21.8 Å². The summed E-state index contributed by atoms with van der Waals surface area (Å²) < 4.78 is 37.9. The maximum absolute atomic E-state index is 13.6. The van der Waals surface area contributed by atoms with Gasteiger partial charge in [-0.15, -0.1) is 10.2 Å². The third-order valence-electron chi connectivity index (χ3n) is 9.10. The van der Waals surface area contributed by atoms with Gasteiger partial charge in [0.15, 0.2) is 5.65 Å². The Kier molecular flexibility index (Phi) is 9.57. The minimum atomic E-state index is -2.60. The zero-order valence-corrected chi connectivity index (χ0v) is 29.1. The lowest BCUT2D eigenvalue weighted by atomic mass is 9.85. The molecule has 5 heterocycles. The van der Waals surface area contributed by atoms with Gasteiger partial charge in [0.05, 0.1) is 54.8 Å². The number of benzene rings is 1. The highest BCUT2D eigenvalue weighted by molar-refractivity contribution is 7.74. The molecule has 1 aromatic carbocycles. The molecule has 0 bridgehead atoms. The predicted molar refractivity (Wildman–Crippen MR) is 186 cm³/mol. The van der Waals surface area contributed by atoms with E-state index in [-0.39, 0.29) is 36.7 Å². The van der Waals surface area contributed by atoms with Crippen molar-refractivity contribution in [1.82, 2.24) is 39.5 Å². The summed E-state index contributed by atoms with van der Waals surface area (Å²) in [6, 6.07) is 13.2. The van der Waals surface area contributed by atoms with Crippen LogP contribution in [0.5, 0.6) is 5.75 Å². The molecule has 1 aliphatic heterocycles. The number of piperidine rings is 1. The van der Waals surface area contributed by atoms with E-state index in [0.29, 0.717) is 24.3 Å². The van der Waals surface area contributed by atoms with Crippen molar-refractivity contribution in [3.8, 4) is 11.4 Å². The summed E-state index contributed by atoms with van der Waals surface area (Å²) >= 11 is -2.60. The first-order valence-corrected chi connectivity index (χ1v) is 17.9. The molecule has 2 N–H and O–H groups in total. The van der Waals surface area contributed by atoms with Crippen molar-refractivity contribution >= 4 is 34.8 Å². The molecule has 16 heteroatoms. The van der Waals surface area contributed by atoms with E-state index in [1.807, 2.05) is 67.8 Å². The van der Waals surface area contributed by atoms with Gasteiger partial charge in [-0.2, -0.15) is 10.2 Å². The maximum atomic E-state index is 13.6. The van der Waals surface area contributed by atoms with Crippen LogP contribution in [0.4, 0.5) is 16.6 Å². The molecule has 0 radical (unpaired) electrons. The summed E-state index contributed by atoms with van der Waals surface area (Å²) in [7, 11) is 0. The summed E-state index contributed by atoms with van der Waals surface area (Å²) in [5, 5.41) is 24.1. The van der Waals surface area contributed by atoms with Crippen LogP contribution >= 0.6 is 0 Å². The molecule has 5 aromatic rings. The molecule has 15 nitrogen and oxygen atoms in total. The van der Waals surface area contributed by atoms with Crippen molar-refractivity contribution in [3.63, 3.8) is 0 Å². The fraction of sp³-hybridized carbons (Fsp3) is 0.441. The van der Waals surface area contributed by atoms with Crippen molar-refractivity contribution < 1.29 is 22.5 Å². The van der Waals surface area contributed by atoms with E-state index in [9.17, 15) is 13.6 Å². The quantitative estimate of drug-likeness (QED) is 0.189. The van der Waals surface area contributed by atoms with Crippen LogP contribution in [0, 0.1) is 0 Å². The largest absolute Gasteiger partial charge is 0.750 e. The molecule has 7 rings (SSSR count). The lowest BCUT2D eigenvalue weighted by Gasteiger charge is -2.32. The summed E-state index contributed by atoms with van der Waals surface area (Å²) in [6.07, 6.45) is 10.0. The lowest BCUT2D eigenvalue weighted by Crippen LogP contribution is -2.36. The van der Waals surface area contributed by atoms with Gasteiger partial charge in [0.2, 0.25) is 5.95 Å². The molecule has 2 aliphatic rings. The monoisotopic (exact) mass is 701 g/mol. The van der Waals surface area contributed by atoms with E-state index < -0.39 is 11.4 Å². The number of carbonyl (C=O) groups is 1. The number of amides is 2. The smallest absolute Gasteiger partial charge is 0.320 e. The van der Waals surface area contributed by atoms with Gasteiger partial charge in [-0.05, 0) is 55.4 Å². The Bertz CT molecular complexity index is 1990. The highest BCUT2D eigenvalue weighted by Gasteiger charge is 2.30. The molecule has 264 valence electrons. The van der Waals surface area contributed by atoms with Gasteiger partial charge in [0, 0.05) is 24.6 Å². The Morgan fingerprint density at radius 1 is 1.04 bits per heavy atom. The fourth-order valence-corrected chi connectivity index (χ4v) is 6.76. The zero-order valence-electron chi connectivity index (χ0n) is 28.3. The van der Waals surface area contributed by atoms with E-state index in [2.05, 4.69) is 41.1 Å². The second-order valence-corrected chi connectivity index (χ2v) is 14.3. The van der Waals surface area contributed by atoms with Crippen molar-refractivity contribution in [2.45, 2.75) is 77.0 Å². The van der Waals surface area contributed by atoms with E-state index >= 15 is 0 Å². The first-order chi connectivity index (χ1) is 24.1. The number of hydrogen-bond donors (Lipinski definition) is 2. The number of carbonyl (C=O) groups excluding carboxylic acids is 1. The van der Waals surface area contributed by atoms with Crippen LogP contribution in [0.25, 0.3) is 11.3 Å². The van der Waals surface area contributed by atoms with Crippen LogP contribution in [0.2, 0.25) is 0 Å². The molecule has 1 aliphatic carbocycles. The number of nitrogens with zero attached hydrogens (tertiary/aromatic N) is 8. The SMILES string of the molecule is CC(C)(C)c1cc(NC(=O)N[C@H]2CC[C@@H](Oc3ccc4nnc(N5CCCCC5)n4c3)c3ccccc32)n(-c2cnn(CCOS(=O)[O-])c2)n1. The average Bonchev–Trinajstić information content (AvgIpc) is 3.85. The highest BCUT2D eigenvalue weighted by Crippen LogP contribution is 2.39. The number of fused-ring (bicyclic) bond motifs is 2. The number of rotatable bonds is 10. The number of urea groups is 1. The normalized spacial score (nSPS) is 18.5. The number of aromatic nitrogens is 7. The van der Waals surface area contributed by atoms with E-state index in [0.717, 1.165) is 60.1 Å². The van der Waals surface area contributed by atoms with Gasteiger partial charge in [-0.25, -0.2) is 13.7 Å². The third kappa shape index (κ3) is 7.37. The maximum Gasteiger partial charge on any atom is 0.320 e. The number of pyridine rings is 1. The Hall–Kier alpha value is -4.80. The van der Waals surface area contributed by atoms with Crippen LogP contribution in [-0.2, 0) is 27.5 Å². The number of nitrogens with one attached hydrogen (secondary N) is 2. The number of anilines is 2. The van der Waals surface area contributed by atoms with Crippen LogP contribution in [-0.4, -0.2) is 68.6 Å². The van der Waals surface area contributed by atoms with Crippen molar-refractivity contribution in [1.29, 1.82) is 0 Å². The van der Waals surface area contributed by atoms with Crippen molar-refractivity contribution in [3.05, 3.63) is 77.9 Å². The second kappa shape index (κ2) is 14.2. The van der Waals surface area contributed by atoms with Crippen molar-refractivity contribution in [2.24, 2.45) is 0 Å². The first-order valence-electron chi connectivity index (χ1n) is 16.9. The molecular formula is C34H41N10O5S-. The molecule has 0 spiro atoms. The van der Waals surface area contributed by atoms with Crippen LogP contribution in [0.1, 0.15) is 81.8 Å². The van der Waals surface area contributed by atoms with Gasteiger partial charge >= 0.3 is 6.03 Å². The van der Waals surface area contributed by atoms with Crippen LogP contribution in [0.3, 0.4) is 0 Å². The van der Waals surface area contributed by atoms with Crippen LogP contribution < -0.4 is 20.3 Å². The zero-order chi connectivity index (χ0) is 34.8. The fourth-order valence-electron chi connectivity index (χ4n) is 6.55. The molecule has 2 amide bonds. The van der Waals surface area contributed by atoms with Gasteiger partial charge in [-0.1, -0.05) is 45.0 Å². The van der Waals surface area contributed by atoms with Gasteiger partial charge < -0.3 is 19.5 Å². The van der Waals surface area contributed by atoms with E-state index in [1.165, 1.54) is 6.42 Å². The molecule has 1 fully saturated rings. The highest BCUT2D eigenvalue weighted by atomic mass is 32.2. The lowest BCUT2D eigenvalue weighted by molar-refractivity contribution is 0.171. The standard InChI is InChI=1S/C34H42N10O5S/c1-34(2,3)29-19-31(44(40-29)23-20-35-42(21-23)17-18-48-50(46)47)37-32(45)36-27-12-13-28(26-10-6-5-9-25(26)27)49-24-11-14-30-38-39-33(43(30)22-24)41-15-7-4-8-16-41/h5-6,9-11,14,19-22,27-28H,4,7-8,12-13,15-18H2,1-3H3,(H,46,47)(H2,36,37,45)/p-1/t27-,28+/m0/s1. The minimum Gasteiger partial charge on any atom is -0.750 e. The Labute approximate surface area is 292 Å². The Balaban J connectivity index is 1.06. The number of hydrogen-bond acceptors (Lipinski definition) is 10. The Morgan fingerprint density at radius 2 is 1.84 bits per heavy atom.